The van der Waals surface area contributed by atoms with Crippen LogP contribution in [0.25, 0.3) is 43.1 Å². The van der Waals surface area contributed by atoms with Crippen molar-refractivity contribution in [3.8, 4) is 23.0 Å². The Morgan fingerprint density at radius 1 is 0.464 bits per heavy atom. The quantitative estimate of drug-likeness (QED) is 0.0568. The molecule has 8 nitrogen and oxygen atoms in total. The summed E-state index contributed by atoms with van der Waals surface area (Å²) < 4.78 is 36.1. The van der Waals surface area contributed by atoms with E-state index in [1.165, 1.54) is 60.9 Å². The Hall–Kier alpha value is -4.18. The minimum atomic E-state index is -0.369. The van der Waals surface area contributed by atoms with Crippen LogP contribution in [0.5, 0.6) is 23.0 Å². The van der Waals surface area contributed by atoms with Crippen molar-refractivity contribution < 1.29 is 38.0 Å². The number of hydrogen-bond donors (Lipinski definition) is 0. The highest BCUT2D eigenvalue weighted by atomic mass is 33.5. The van der Waals surface area contributed by atoms with Gasteiger partial charge in [0.05, 0.1) is 39.6 Å². The highest BCUT2D eigenvalue weighted by Gasteiger charge is 2.38. The Bertz CT molecular complexity index is 2890. The normalized spacial score (nSPS) is 16.6. The van der Waals surface area contributed by atoms with E-state index in [0.29, 0.717) is 34.1 Å². The number of esters is 2. The van der Waals surface area contributed by atoms with Gasteiger partial charge in [0.2, 0.25) is 0 Å². The number of carbonyl (C=O) groups excluding carboxylic acids is 2. The lowest BCUT2D eigenvalue weighted by molar-refractivity contribution is 0.0464. The Balaban J connectivity index is 0.982. The Morgan fingerprint density at radius 2 is 0.804 bits per heavy atom. The van der Waals surface area contributed by atoms with Gasteiger partial charge >= 0.3 is 11.9 Å². The first-order valence-corrected chi connectivity index (χ1v) is 25.2. The Labute approximate surface area is 339 Å². The fourth-order valence-corrected chi connectivity index (χ4v) is 22.9. The second-order valence-corrected chi connectivity index (χ2v) is 24.7. The van der Waals surface area contributed by atoms with Crippen molar-refractivity contribution in [2.45, 2.75) is 32.8 Å². The van der Waals surface area contributed by atoms with Gasteiger partial charge in [0.15, 0.2) is 0 Å². The number of benzene rings is 7. The zero-order valence-electron chi connectivity index (χ0n) is 30.1. The summed E-state index contributed by atoms with van der Waals surface area (Å²) in [6.07, 6.45) is 0. The van der Waals surface area contributed by atoms with E-state index in [0.717, 1.165) is 21.9 Å². The van der Waals surface area contributed by atoms with Crippen LogP contribution in [0.2, 0.25) is 0 Å². The molecule has 0 amide bonds. The van der Waals surface area contributed by atoms with Gasteiger partial charge in [-0.3, -0.25) is 0 Å². The van der Waals surface area contributed by atoms with Crippen molar-refractivity contribution in [2.24, 2.45) is 0 Å². The zero-order chi connectivity index (χ0) is 38.0. The third-order valence-corrected chi connectivity index (χ3v) is 23.1. The standard InChI is InChI=1S/C42H28O8S6/c1-45-23-9-19(10-24(15-23)46-2)17-49-41(43)21-5-7-27-29(13-21)37-33-31-35(27)51-56-40(31)34-32-36(52-55(53-37)39(32)33)28-8-6-22(14-30(28)38(34)54-56)42(44)50-18-20-11-25(47-3)16-26(12-20)48-4/h5-16H,17-18H2,1-4H3. The maximum absolute atomic E-state index is 13.5. The van der Waals surface area contributed by atoms with E-state index >= 15 is 0 Å². The molecule has 14 heteroatoms. The molecule has 0 saturated carbocycles. The van der Waals surface area contributed by atoms with Gasteiger partial charge in [-0.25, -0.2) is 9.59 Å². The molecule has 11 rings (SSSR count). The number of carbonyl (C=O) groups is 2. The van der Waals surface area contributed by atoms with Gasteiger partial charge in [-0.2, -0.15) is 0 Å². The largest absolute Gasteiger partial charge is 0.497 e. The molecule has 0 aliphatic carbocycles. The highest BCUT2D eigenvalue weighted by Crippen LogP contribution is 2.75. The molecule has 0 aromatic heterocycles. The summed E-state index contributed by atoms with van der Waals surface area (Å²) in [6.45, 7) is 0.205. The second-order valence-electron chi connectivity index (χ2n) is 13.4. The summed E-state index contributed by atoms with van der Waals surface area (Å²) in [5.74, 6) is 1.83. The van der Waals surface area contributed by atoms with Crippen LogP contribution in [-0.2, 0) is 22.7 Å². The fourth-order valence-electron chi connectivity index (χ4n) is 7.77. The van der Waals surface area contributed by atoms with Gasteiger partial charge in [-0.15, -0.1) is 0 Å². The average Bonchev–Trinajstić information content (AvgIpc) is 4.01. The van der Waals surface area contributed by atoms with Crippen LogP contribution < -0.4 is 18.9 Å². The average molecular weight is 853 g/mol. The van der Waals surface area contributed by atoms with Crippen molar-refractivity contribution in [1.82, 2.24) is 0 Å². The smallest absolute Gasteiger partial charge is 0.338 e. The first-order chi connectivity index (χ1) is 27.3. The predicted molar refractivity (Wildman–Crippen MR) is 230 cm³/mol. The molecular formula is C42H28O8S6. The van der Waals surface area contributed by atoms with E-state index in [2.05, 4.69) is 12.1 Å². The molecule has 0 spiro atoms. The third-order valence-electron chi connectivity index (χ3n) is 10.3. The van der Waals surface area contributed by atoms with E-state index < -0.39 is 0 Å². The van der Waals surface area contributed by atoms with Crippen LogP contribution in [0.1, 0.15) is 31.8 Å². The summed E-state index contributed by atoms with van der Waals surface area (Å²) >= 11 is 0. The second kappa shape index (κ2) is 13.2. The molecule has 7 aromatic carbocycles. The number of methoxy groups -OCH3 is 4. The molecule has 7 aromatic rings. The number of fused-ring (bicyclic) bond motifs is 6. The van der Waals surface area contributed by atoms with Gasteiger partial charge in [0, 0.05) is 62.3 Å². The minimum absolute atomic E-state index is 0.102. The van der Waals surface area contributed by atoms with Crippen LogP contribution in [0.15, 0.2) is 92.4 Å². The van der Waals surface area contributed by atoms with Crippen molar-refractivity contribution in [3.63, 3.8) is 0 Å². The number of ether oxygens (including phenoxy) is 6. The molecule has 2 atom stereocenters. The van der Waals surface area contributed by atoms with Crippen LogP contribution in [0, 0.1) is 9.02 Å². The zero-order valence-corrected chi connectivity index (χ0v) is 35.0. The maximum Gasteiger partial charge on any atom is 0.338 e. The van der Waals surface area contributed by atoms with Crippen LogP contribution in [-0.4, -0.2) is 40.4 Å². The topological polar surface area (TPSA) is 89.5 Å². The molecule has 0 saturated heterocycles. The van der Waals surface area contributed by atoms with Crippen molar-refractivity contribution in [1.29, 1.82) is 0 Å². The van der Waals surface area contributed by atoms with Gasteiger partial charge in [0.1, 0.15) is 36.2 Å². The molecule has 4 aliphatic heterocycles. The summed E-state index contributed by atoms with van der Waals surface area (Å²) in [6, 6.07) is 23.0. The number of hydrogen-bond acceptors (Lipinski definition) is 12. The molecular weight excluding hydrogens is 825 g/mol. The first kappa shape index (κ1) is 35.0. The van der Waals surface area contributed by atoms with E-state index in [1.54, 1.807) is 40.6 Å². The molecule has 2 unspecified atom stereocenters. The Kier molecular flexibility index (Phi) is 8.24. The number of rotatable bonds is 10. The third kappa shape index (κ3) is 5.15. The molecule has 0 N–H and O–H groups in total. The van der Waals surface area contributed by atoms with Gasteiger partial charge < -0.3 is 28.4 Å². The maximum atomic E-state index is 13.5. The van der Waals surface area contributed by atoms with Gasteiger partial charge in [-0.1, -0.05) is 72.4 Å². The lowest BCUT2D eigenvalue weighted by Gasteiger charge is -2.17. The highest BCUT2D eigenvalue weighted by molar-refractivity contribution is 9.14. The summed E-state index contributed by atoms with van der Waals surface area (Å²) in [7, 11) is 13.8. The van der Waals surface area contributed by atoms with Gasteiger partial charge in [0.25, 0.3) is 0 Å². The molecule has 56 heavy (non-hydrogen) atoms. The molecule has 0 radical (unpaired) electrons. The lowest BCUT2D eigenvalue weighted by atomic mass is 9.95. The SMILES string of the molecule is COc1cc(COC(=O)c2ccc3c4c5c6c7c(c8cc(C(=O)OCc9cc(OC)cc(OC)c9)ccc8c8c7c7c5c(c3c2)SS=7S8)SS=6S4)cc(OC)c1. The molecule has 4 aliphatic rings. The summed E-state index contributed by atoms with van der Waals surface area (Å²) in [4.78, 5) is 32.2. The van der Waals surface area contributed by atoms with Crippen molar-refractivity contribution in [3.05, 3.63) is 104 Å². The predicted octanol–water partition coefficient (Wildman–Crippen LogP) is 12.2. The van der Waals surface area contributed by atoms with Crippen LogP contribution >= 0.6 is 60.3 Å². The van der Waals surface area contributed by atoms with E-state index in [4.69, 9.17) is 28.4 Å². The fraction of sp³-hybridized carbons (Fsp3) is 0.143. The Morgan fingerprint density at radius 3 is 1.14 bits per heavy atom. The summed E-state index contributed by atoms with van der Waals surface area (Å²) in [5.41, 5.74) is 2.64. The summed E-state index contributed by atoms with van der Waals surface area (Å²) in [5, 5.41) is 10.0. The molecule has 280 valence electrons. The lowest BCUT2D eigenvalue weighted by Crippen LogP contribution is -2.06. The first-order valence-electron chi connectivity index (χ1n) is 17.4. The monoisotopic (exact) mass is 852 g/mol. The molecule has 4 heterocycles. The van der Waals surface area contributed by atoms with Crippen molar-refractivity contribution in [2.75, 3.05) is 28.4 Å². The van der Waals surface area contributed by atoms with Crippen molar-refractivity contribution >= 4 is 115 Å². The van der Waals surface area contributed by atoms with Crippen LogP contribution in [0.3, 0.4) is 0 Å². The molecule has 0 bridgehead atoms. The molecule has 0 fully saturated rings. The van der Waals surface area contributed by atoms with Crippen LogP contribution in [0.4, 0.5) is 0 Å². The van der Waals surface area contributed by atoms with E-state index in [-0.39, 0.29) is 42.2 Å². The van der Waals surface area contributed by atoms with E-state index in [9.17, 15) is 9.59 Å². The van der Waals surface area contributed by atoms with Gasteiger partial charge in [-0.05, 0) is 81.2 Å². The van der Waals surface area contributed by atoms with E-state index in [1.807, 2.05) is 91.7 Å². The minimum Gasteiger partial charge on any atom is -0.497 e.